The number of nitrogens with zero attached hydrogens (tertiary/aromatic N) is 4. The molecule has 3 aromatic heterocycles. The average molecular weight is 344 g/mol. The number of aromatic nitrogens is 4. The quantitative estimate of drug-likeness (QED) is 0.669. The fraction of sp³-hybridized carbons (Fsp3) is 0.267. The zero-order valence-electron chi connectivity index (χ0n) is 13.1. The highest BCUT2D eigenvalue weighted by molar-refractivity contribution is 7.21. The van der Waals surface area contributed by atoms with Crippen molar-refractivity contribution in [2.45, 2.75) is 20.0 Å². The van der Waals surface area contributed by atoms with Gasteiger partial charge in [-0.05, 0) is 19.9 Å². The summed E-state index contributed by atoms with van der Waals surface area (Å²) in [5.41, 5.74) is 2.28. The van der Waals surface area contributed by atoms with Crippen molar-refractivity contribution in [1.29, 1.82) is 0 Å². The van der Waals surface area contributed by atoms with Gasteiger partial charge < -0.3 is 10.4 Å². The summed E-state index contributed by atoms with van der Waals surface area (Å²) in [6, 6.07) is 1.57. The lowest BCUT2D eigenvalue weighted by Crippen LogP contribution is -2.28. The van der Waals surface area contributed by atoms with Crippen LogP contribution in [0.2, 0.25) is 0 Å². The van der Waals surface area contributed by atoms with Crippen molar-refractivity contribution < 1.29 is 9.90 Å². The molecule has 2 amide bonds. The van der Waals surface area contributed by atoms with E-state index in [9.17, 15) is 9.90 Å². The van der Waals surface area contributed by atoms with Crippen LogP contribution in [0.25, 0.3) is 21.5 Å². The number of hydrogen-bond acceptors (Lipinski definition) is 7. The first-order chi connectivity index (χ1) is 11.6. The zero-order chi connectivity index (χ0) is 17.1. The van der Waals surface area contributed by atoms with Gasteiger partial charge in [-0.3, -0.25) is 5.32 Å². The van der Waals surface area contributed by atoms with Crippen LogP contribution >= 0.6 is 11.3 Å². The second-order valence-corrected chi connectivity index (χ2v) is 6.04. The molecular formula is C15H16N6O2S. The number of rotatable bonds is 4. The second-order valence-electron chi connectivity index (χ2n) is 5.06. The molecule has 3 heterocycles. The Hall–Kier alpha value is -2.65. The van der Waals surface area contributed by atoms with E-state index in [4.69, 9.17) is 0 Å². The first kappa shape index (κ1) is 16.2. The lowest BCUT2D eigenvalue weighted by atomic mass is 10.1. The molecule has 0 fully saturated rings. The number of nitrogens with one attached hydrogen (secondary N) is 2. The van der Waals surface area contributed by atoms with Gasteiger partial charge in [-0.15, -0.1) is 0 Å². The highest BCUT2D eigenvalue weighted by Crippen LogP contribution is 2.27. The van der Waals surface area contributed by atoms with Crippen molar-refractivity contribution in [3.63, 3.8) is 0 Å². The van der Waals surface area contributed by atoms with Gasteiger partial charge in [0.25, 0.3) is 0 Å². The Morgan fingerprint density at radius 2 is 1.96 bits per heavy atom. The third kappa shape index (κ3) is 3.47. The van der Waals surface area contributed by atoms with Crippen LogP contribution in [0.5, 0.6) is 0 Å². The Kier molecular flexibility index (Phi) is 4.63. The smallest absolute Gasteiger partial charge is 0.321 e. The molecule has 0 aromatic carbocycles. The summed E-state index contributed by atoms with van der Waals surface area (Å²) >= 11 is 1.30. The molecule has 0 saturated heterocycles. The average Bonchev–Trinajstić information content (AvgIpc) is 2.96. The third-order valence-corrected chi connectivity index (χ3v) is 4.08. The van der Waals surface area contributed by atoms with E-state index in [-0.39, 0.29) is 6.03 Å². The summed E-state index contributed by atoms with van der Waals surface area (Å²) in [6.45, 7) is 4.00. The third-order valence-electron chi connectivity index (χ3n) is 3.18. The standard InChI is InChI=1S/C15H16N6O2S/c1-3-16-14(23)21-15-20-11-4-9(5-19-13(11)24-15)10-6-17-12(8(2)22)18-7-10/h4-8,22H,3H2,1-2H3,(H2,16,20,21,23). The van der Waals surface area contributed by atoms with Gasteiger partial charge >= 0.3 is 6.03 Å². The summed E-state index contributed by atoms with van der Waals surface area (Å²) in [5, 5.41) is 15.3. The number of aliphatic hydroxyl groups excluding tert-OH is 1. The van der Waals surface area contributed by atoms with Crippen molar-refractivity contribution >= 4 is 32.8 Å². The molecule has 3 N–H and O–H groups in total. The maximum atomic E-state index is 11.6. The Balaban J connectivity index is 1.86. The number of aliphatic hydroxyl groups is 1. The monoisotopic (exact) mass is 344 g/mol. The number of thiazole rings is 1. The predicted octanol–water partition coefficient (Wildman–Crippen LogP) is 2.34. The number of pyridine rings is 1. The molecule has 1 atom stereocenters. The van der Waals surface area contributed by atoms with E-state index >= 15 is 0 Å². The van der Waals surface area contributed by atoms with Gasteiger partial charge in [0.2, 0.25) is 0 Å². The minimum atomic E-state index is -0.707. The Bertz CT molecular complexity index is 862. The molecule has 0 radical (unpaired) electrons. The number of hydrogen-bond donors (Lipinski definition) is 3. The first-order valence-corrected chi connectivity index (χ1v) is 8.20. The molecule has 3 rings (SSSR count). The molecule has 24 heavy (non-hydrogen) atoms. The molecule has 0 aliphatic rings. The van der Waals surface area contributed by atoms with Crippen LogP contribution in [0.4, 0.5) is 9.93 Å². The van der Waals surface area contributed by atoms with E-state index in [2.05, 4.69) is 30.6 Å². The SMILES string of the molecule is CCNC(=O)Nc1nc2cc(-c3cnc(C(C)O)nc3)cnc2s1. The van der Waals surface area contributed by atoms with Crippen molar-refractivity contribution in [3.8, 4) is 11.1 Å². The topological polar surface area (TPSA) is 113 Å². The summed E-state index contributed by atoms with van der Waals surface area (Å²) in [5.74, 6) is 0.370. The van der Waals surface area contributed by atoms with Gasteiger partial charge in [-0.25, -0.2) is 24.7 Å². The van der Waals surface area contributed by atoms with Crippen molar-refractivity contribution in [1.82, 2.24) is 25.3 Å². The van der Waals surface area contributed by atoms with Crippen LogP contribution in [0.15, 0.2) is 24.7 Å². The molecule has 0 spiro atoms. The van der Waals surface area contributed by atoms with E-state index in [0.717, 1.165) is 16.0 Å². The fourth-order valence-electron chi connectivity index (χ4n) is 2.04. The summed E-state index contributed by atoms with van der Waals surface area (Å²) in [6.07, 6.45) is 4.27. The van der Waals surface area contributed by atoms with Crippen LogP contribution < -0.4 is 10.6 Å². The maximum Gasteiger partial charge on any atom is 0.321 e. The molecule has 3 aromatic rings. The molecule has 0 saturated carbocycles. The summed E-state index contributed by atoms with van der Waals surface area (Å²) in [4.78, 5) is 29.3. The Labute approximate surface area is 142 Å². The van der Waals surface area contributed by atoms with Gasteiger partial charge in [0.1, 0.15) is 16.5 Å². The number of amides is 2. The Morgan fingerprint density at radius 3 is 2.62 bits per heavy atom. The van der Waals surface area contributed by atoms with Gasteiger partial charge in [0.15, 0.2) is 11.0 Å². The van der Waals surface area contributed by atoms with E-state index in [0.29, 0.717) is 23.0 Å². The summed E-state index contributed by atoms with van der Waals surface area (Å²) in [7, 11) is 0. The molecular weight excluding hydrogens is 328 g/mol. The van der Waals surface area contributed by atoms with E-state index in [1.807, 2.05) is 13.0 Å². The van der Waals surface area contributed by atoms with Crippen molar-refractivity contribution in [3.05, 3.63) is 30.5 Å². The van der Waals surface area contributed by atoms with Crippen LogP contribution in [0, 0.1) is 0 Å². The van der Waals surface area contributed by atoms with Crippen LogP contribution in [-0.4, -0.2) is 37.6 Å². The lowest BCUT2D eigenvalue weighted by molar-refractivity contribution is 0.189. The van der Waals surface area contributed by atoms with Crippen molar-refractivity contribution in [2.75, 3.05) is 11.9 Å². The van der Waals surface area contributed by atoms with E-state index in [1.165, 1.54) is 11.3 Å². The highest BCUT2D eigenvalue weighted by atomic mass is 32.1. The second kappa shape index (κ2) is 6.85. The molecule has 0 aliphatic heterocycles. The molecule has 8 nitrogen and oxygen atoms in total. The molecule has 0 bridgehead atoms. The minimum Gasteiger partial charge on any atom is -0.385 e. The summed E-state index contributed by atoms with van der Waals surface area (Å²) < 4.78 is 0. The zero-order valence-corrected chi connectivity index (χ0v) is 14.0. The van der Waals surface area contributed by atoms with Crippen molar-refractivity contribution in [2.24, 2.45) is 0 Å². The van der Waals surface area contributed by atoms with Crippen LogP contribution in [0.3, 0.4) is 0 Å². The number of carbonyl (C=O) groups is 1. The van der Waals surface area contributed by atoms with Crippen LogP contribution in [-0.2, 0) is 0 Å². The minimum absolute atomic E-state index is 0.293. The maximum absolute atomic E-state index is 11.6. The van der Waals surface area contributed by atoms with E-state index in [1.54, 1.807) is 25.5 Å². The number of anilines is 1. The highest BCUT2D eigenvalue weighted by Gasteiger charge is 2.10. The predicted molar refractivity (Wildman–Crippen MR) is 91.8 cm³/mol. The number of fused-ring (bicyclic) bond motifs is 1. The molecule has 124 valence electrons. The largest absolute Gasteiger partial charge is 0.385 e. The molecule has 9 heteroatoms. The van der Waals surface area contributed by atoms with Gasteiger partial charge in [-0.2, -0.15) is 0 Å². The fourth-order valence-corrected chi connectivity index (χ4v) is 2.82. The number of carbonyl (C=O) groups excluding carboxylic acids is 1. The van der Waals surface area contributed by atoms with E-state index < -0.39 is 6.10 Å². The first-order valence-electron chi connectivity index (χ1n) is 7.38. The van der Waals surface area contributed by atoms with Crippen LogP contribution in [0.1, 0.15) is 25.8 Å². The number of urea groups is 1. The molecule has 1 unspecified atom stereocenters. The lowest BCUT2D eigenvalue weighted by Gasteiger charge is -2.04. The van der Waals surface area contributed by atoms with Gasteiger partial charge in [0.05, 0.1) is 0 Å². The molecule has 0 aliphatic carbocycles. The Morgan fingerprint density at radius 1 is 1.25 bits per heavy atom. The van der Waals surface area contributed by atoms with Gasteiger partial charge in [0, 0.05) is 36.3 Å². The normalized spacial score (nSPS) is 12.1. The van der Waals surface area contributed by atoms with Gasteiger partial charge in [-0.1, -0.05) is 11.3 Å².